The highest BCUT2D eigenvalue weighted by molar-refractivity contribution is 6.33. The molecule has 2 heterocycles. The van der Waals surface area contributed by atoms with Crippen LogP contribution in [0.15, 0.2) is 60.9 Å². The van der Waals surface area contributed by atoms with Crippen LogP contribution in [-0.4, -0.2) is 25.5 Å². The summed E-state index contributed by atoms with van der Waals surface area (Å²) < 4.78 is 9.00. The van der Waals surface area contributed by atoms with Gasteiger partial charge in [-0.3, -0.25) is 9.48 Å². The first-order chi connectivity index (χ1) is 15.4. The number of anilines is 1. The van der Waals surface area contributed by atoms with E-state index in [0.717, 1.165) is 22.4 Å². The van der Waals surface area contributed by atoms with E-state index in [4.69, 9.17) is 27.9 Å². The summed E-state index contributed by atoms with van der Waals surface area (Å²) in [5, 5.41) is 12.3. The van der Waals surface area contributed by atoms with Gasteiger partial charge in [-0.05, 0) is 48.7 Å². The molecule has 0 unspecified atom stereocenters. The zero-order chi connectivity index (χ0) is 22.7. The van der Waals surface area contributed by atoms with Crippen LogP contribution in [0.5, 0.6) is 5.75 Å². The van der Waals surface area contributed by atoms with Gasteiger partial charge in [0.25, 0.3) is 5.91 Å². The molecule has 0 bridgehead atoms. The van der Waals surface area contributed by atoms with E-state index in [2.05, 4.69) is 15.5 Å². The van der Waals surface area contributed by atoms with Crippen LogP contribution in [0.2, 0.25) is 10.0 Å². The third kappa shape index (κ3) is 5.12. The third-order valence-electron chi connectivity index (χ3n) is 4.81. The van der Waals surface area contributed by atoms with Gasteiger partial charge < -0.3 is 10.1 Å². The first kappa shape index (κ1) is 21.9. The van der Waals surface area contributed by atoms with Crippen molar-refractivity contribution in [2.75, 3.05) is 5.32 Å². The summed E-state index contributed by atoms with van der Waals surface area (Å²) in [6.07, 6.45) is 3.31. The van der Waals surface area contributed by atoms with Crippen molar-refractivity contribution in [3.8, 4) is 5.75 Å². The lowest BCUT2D eigenvalue weighted by Gasteiger charge is -2.09. The second-order valence-corrected chi connectivity index (χ2v) is 8.17. The Morgan fingerprint density at radius 2 is 1.84 bits per heavy atom. The average Bonchev–Trinajstić information content (AvgIpc) is 3.37. The van der Waals surface area contributed by atoms with Gasteiger partial charge in [-0.1, -0.05) is 53.5 Å². The van der Waals surface area contributed by atoms with Gasteiger partial charge >= 0.3 is 0 Å². The molecule has 1 N–H and O–H groups in total. The summed E-state index contributed by atoms with van der Waals surface area (Å²) >= 11 is 12.5. The van der Waals surface area contributed by atoms with Gasteiger partial charge in [0.05, 0.1) is 6.54 Å². The van der Waals surface area contributed by atoms with Gasteiger partial charge in [-0.25, -0.2) is 4.68 Å². The molecule has 0 saturated heterocycles. The van der Waals surface area contributed by atoms with Crippen molar-refractivity contribution in [2.24, 2.45) is 0 Å². The minimum atomic E-state index is -0.416. The number of aryl methyl sites for hydroxylation is 2. The first-order valence-corrected chi connectivity index (χ1v) is 10.7. The van der Waals surface area contributed by atoms with Gasteiger partial charge in [0.2, 0.25) is 0 Å². The molecule has 0 aliphatic rings. The van der Waals surface area contributed by atoms with Crippen molar-refractivity contribution in [2.45, 2.75) is 27.1 Å². The quantitative estimate of drug-likeness (QED) is 0.396. The maximum Gasteiger partial charge on any atom is 0.277 e. The van der Waals surface area contributed by atoms with E-state index in [1.165, 1.54) is 0 Å². The fourth-order valence-electron chi connectivity index (χ4n) is 3.09. The van der Waals surface area contributed by atoms with Crippen molar-refractivity contribution >= 4 is 34.9 Å². The van der Waals surface area contributed by atoms with E-state index in [0.29, 0.717) is 16.6 Å². The van der Waals surface area contributed by atoms with Crippen LogP contribution >= 0.6 is 23.2 Å². The number of carbonyl (C=O) groups excluding carboxylic acids is 1. The topological polar surface area (TPSA) is 74.0 Å². The molecule has 0 atom stereocenters. The molecule has 32 heavy (non-hydrogen) atoms. The summed E-state index contributed by atoms with van der Waals surface area (Å²) in [4.78, 5) is 12.6. The molecule has 9 heteroatoms. The number of nitrogens with one attached hydrogen (secondary N) is 1. The predicted molar refractivity (Wildman–Crippen MR) is 125 cm³/mol. The largest absolute Gasteiger partial charge is 0.471 e. The van der Waals surface area contributed by atoms with Crippen LogP contribution in [-0.2, 0) is 13.3 Å². The molecule has 7 nitrogen and oxygen atoms in total. The molecule has 0 saturated carbocycles. The van der Waals surface area contributed by atoms with E-state index in [-0.39, 0.29) is 18.2 Å². The van der Waals surface area contributed by atoms with Crippen LogP contribution in [0.25, 0.3) is 0 Å². The highest BCUT2D eigenvalue weighted by Crippen LogP contribution is 2.23. The number of rotatable bonds is 7. The fourth-order valence-corrected chi connectivity index (χ4v) is 3.48. The summed E-state index contributed by atoms with van der Waals surface area (Å²) in [7, 11) is 0. The Balaban J connectivity index is 1.39. The lowest BCUT2D eigenvalue weighted by atomic mass is 10.1. The molecule has 164 valence electrons. The van der Waals surface area contributed by atoms with E-state index in [9.17, 15) is 4.79 Å². The van der Waals surface area contributed by atoms with Crippen LogP contribution in [0, 0.1) is 13.8 Å². The number of nitrogens with zero attached hydrogens (tertiary/aromatic N) is 4. The number of aromatic nitrogens is 4. The van der Waals surface area contributed by atoms with Crippen LogP contribution in [0.4, 0.5) is 5.82 Å². The van der Waals surface area contributed by atoms with Gasteiger partial charge in [-0.15, -0.1) is 0 Å². The third-order valence-corrected chi connectivity index (χ3v) is 5.45. The first-order valence-electron chi connectivity index (χ1n) is 9.90. The number of hydrogen-bond donors (Lipinski definition) is 1. The molecule has 0 spiro atoms. The fraction of sp³-hybridized carbons (Fsp3) is 0.174. The summed E-state index contributed by atoms with van der Waals surface area (Å²) in [6, 6.07) is 15.1. The molecular weight excluding hydrogens is 449 g/mol. The number of carbonyl (C=O) groups is 1. The SMILES string of the molecule is Cc1ccc(C)c(OCn2ccc(C(=O)Nc3nn(Cc4ccccc4Cl)cc3Cl)n2)c1. The standard InChI is InChI=1S/C23H21Cl2N5O2/c1-15-7-8-16(2)21(11-15)32-14-29-10-9-20(27-29)23(31)26-22-19(25)13-30(28-22)12-17-5-3-4-6-18(17)24/h3-11,13H,12,14H2,1-2H3,(H,26,28,31). The lowest BCUT2D eigenvalue weighted by molar-refractivity contribution is 0.101. The second kappa shape index (κ2) is 9.46. The van der Waals surface area contributed by atoms with Gasteiger partial charge in [-0.2, -0.15) is 10.2 Å². The Hall–Kier alpha value is -3.29. The highest BCUT2D eigenvalue weighted by atomic mass is 35.5. The molecule has 2 aromatic carbocycles. The van der Waals surface area contributed by atoms with Gasteiger partial charge in [0, 0.05) is 17.4 Å². The van der Waals surface area contributed by atoms with Crippen molar-refractivity contribution < 1.29 is 9.53 Å². The second-order valence-electron chi connectivity index (χ2n) is 7.35. The lowest BCUT2D eigenvalue weighted by Crippen LogP contribution is -2.15. The highest BCUT2D eigenvalue weighted by Gasteiger charge is 2.15. The number of hydrogen-bond acceptors (Lipinski definition) is 4. The predicted octanol–water partition coefficient (Wildman–Crippen LogP) is 5.34. The Morgan fingerprint density at radius 1 is 1.03 bits per heavy atom. The molecule has 0 aliphatic carbocycles. The molecule has 0 aliphatic heterocycles. The number of amides is 1. The smallest absolute Gasteiger partial charge is 0.277 e. The Kier molecular flexibility index (Phi) is 6.48. The molecule has 0 fully saturated rings. The van der Waals surface area contributed by atoms with E-state index in [1.807, 2.05) is 56.3 Å². The molecule has 4 rings (SSSR count). The van der Waals surface area contributed by atoms with Crippen molar-refractivity contribution in [1.82, 2.24) is 19.6 Å². The monoisotopic (exact) mass is 469 g/mol. The van der Waals surface area contributed by atoms with Crippen LogP contribution in [0.3, 0.4) is 0 Å². The average molecular weight is 470 g/mol. The molecule has 4 aromatic rings. The summed E-state index contributed by atoms with van der Waals surface area (Å²) in [5.41, 5.74) is 3.26. The Bertz CT molecular complexity index is 1270. The van der Waals surface area contributed by atoms with E-state index in [1.54, 1.807) is 27.8 Å². The minimum absolute atomic E-state index is 0.185. The summed E-state index contributed by atoms with van der Waals surface area (Å²) in [6.45, 7) is 4.60. The molecular formula is C23H21Cl2N5O2. The Labute approximate surface area is 195 Å². The van der Waals surface area contributed by atoms with Crippen molar-refractivity contribution in [3.05, 3.63) is 93.4 Å². The van der Waals surface area contributed by atoms with Crippen LogP contribution < -0.4 is 10.1 Å². The van der Waals surface area contributed by atoms with E-state index >= 15 is 0 Å². The zero-order valence-electron chi connectivity index (χ0n) is 17.5. The van der Waals surface area contributed by atoms with Gasteiger partial charge in [0.1, 0.15) is 10.8 Å². The minimum Gasteiger partial charge on any atom is -0.471 e. The normalized spacial score (nSPS) is 10.9. The number of ether oxygens (including phenoxy) is 1. The zero-order valence-corrected chi connectivity index (χ0v) is 19.1. The maximum absolute atomic E-state index is 12.6. The van der Waals surface area contributed by atoms with Crippen LogP contribution in [0.1, 0.15) is 27.2 Å². The molecule has 2 aromatic heterocycles. The Morgan fingerprint density at radius 3 is 2.66 bits per heavy atom. The number of halogens is 2. The van der Waals surface area contributed by atoms with Gasteiger partial charge in [0.15, 0.2) is 18.2 Å². The number of benzene rings is 2. The van der Waals surface area contributed by atoms with Crippen molar-refractivity contribution in [3.63, 3.8) is 0 Å². The van der Waals surface area contributed by atoms with E-state index < -0.39 is 5.91 Å². The molecule has 1 amide bonds. The molecule has 0 radical (unpaired) electrons. The van der Waals surface area contributed by atoms with Crippen molar-refractivity contribution in [1.29, 1.82) is 0 Å². The summed E-state index contributed by atoms with van der Waals surface area (Å²) in [5.74, 6) is 0.618. The maximum atomic E-state index is 12.6.